The standard InChI is InChI=1S/C30H38N4O5/c1-6-30(7-2)15-23(35)34(28(31)33-30)25-17(3)16-38-21-13-12-18(14-20(21)25)27(37)32-24-19-10-8-9-11-22(19)39-29(4,5)26(24)36/h8-14,17,24-26,36H,6-7,15-16H2,1-5H3,(H2,31,33)(H,32,37)/t17-,24-,25-,26+/m1/s1. The molecule has 0 aliphatic carbocycles. The first kappa shape index (κ1) is 27.0. The van der Waals surface area contributed by atoms with Gasteiger partial charge >= 0.3 is 0 Å². The van der Waals surface area contributed by atoms with E-state index in [1.807, 2.05) is 45.0 Å². The molecule has 4 N–H and O–H groups in total. The molecule has 39 heavy (non-hydrogen) atoms. The molecular weight excluding hydrogens is 496 g/mol. The molecule has 208 valence electrons. The summed E-state index contributed by atoms with van der Waals surface area (Å²) in [5, 5.41) is 14.1. The number of carbonyl (C=O) groups is 2. The number of aliphatic hydroxyl groups excluding tert-OH is 1. The second kappa shape index (κ2) is 9.86. The number of nitrogens with two attached hydrogens (primary N) is 1. The lowest BCUT2D eigenvalue weighted by atomic mass is 9.84. The third-order valence-corrected chi connectivity index (χ3v) is 8.51. The molecule has 0 spiro atoms. The summed E-state index contributed by atoms with van der Waals surface area (Å²) in [7, 11) is 0. The zero-order valence-corrected chi connectivity index (χ0v) is 23.2. The summed E-state index contributed by atoms with van der Waals surface area (Å²) >= 11 is 0. The summed E-state index contributed by atoms with van der Waals surface area (Å²) in [6.07, 6.45) is 0.777. The minimum atomic E-state index is -0.968. The van der Waals surface area contributed by atoms with Crippen molar-refractivity contribution < 1.29 is 24.2 Å². The van der Waals surface area contributed by atoms with Gasteiger partial charge in [0.25, 0.3) is 5.91 Å². The van der Waals surface area contributed by atoms with Crippen molar-refractivity contribution >= 4 is 17.8 Å². The van der Waals surface area contributed by atoms with Crippen LogP contribution in [0.1, 0.15) is 87.4 Å². The lowest BCUT2D eigenvalue weighted by molar-refractivity contribution is -0.133. The summed E-state index contributed by atoms with van der Waals surface area (Å²) in [4.78, 5) is 33.4. The molecule has 0 aromatic heterocycles. The lowest BCUT2D eigenvalue weighted by Gasteiger charge is -2.44. The van der Waals surface area contributed by atoms with Gasteiger partial charge in [-0.15, -0.1) is 0 Å². The first-order valence-corrected chi connectivity index (χ1v) is 13.7. The molecule has 9 nitrogen and oxygen atoms in total. The number of nitrogens with zero attached hydrogens (tertiary/aromatic N) is 2. The van der Waals surface area contributed by atoms with Crippen molar-refractivity contribution in [3.8, 4) is 11.5 Å². The van der Waals surface area contributed by atoms with Crippen molar-refractivity contribution in [2.24, 2.45) is 16.6 Å². The highest BCUT2D eigenvalue weighted by molar-refractivity contribution is 6.00. The van der Waals surface area contributed by atoms with Gasteiger partial charge in [0.05, 0.1) is 30.7 Å². The van der Waals surface area contributed by atoms with Crippen LogP contribution in [0.2, 0.25) is 0 Å². The van der Waals surface area contributed by atoms with E-state index in [1.54, 1.807) is 36.9 Å². The highest BCUT2D eigenvalue weighted by Crippen LogP contribution is 2.43. The molecular formula is C30H38N4O5. The minimum Gasteiger partial charge on any atom is -0.493 e. The Morgan fingerprint density at radius 1 is 1.15 bits per heavy atom. The van der Waals surface area contributed by atoms with E-state index >= 15 is 0 Å². The van der Waals surface area contributed by atoms with Gasteiger partial charge in [0.15, 0.2) is 5.96 Å². The van der Waals surface area contributed by atoms with Gasteiger partial charge < -0.3 is 25.6 Å². The monoisotopic (exact) mass is 534 g/mol. The Hall–Kier alpha value is -3.59. The van der Waals surface area contributed by atoms with Crippen LogP contribution in [0.3, 0.4) is 0 Å². The number of amides is 2. The number of nitrogens with one attached hydrogen (secondary N) is 1. The lowest BCUT2D eigenvalue weighted by Crippen LogP contribution is -2.54. The van der Waals surface area contributed by atoms with Crippen LogP contribution in [0.15, 0.2) is 47.5 Å². The van der Waals surface area contributed by atoms with E-state index in [1.165, 1.54) is 0 Å². The Labute approximate surface area is 229 Å². The van der Waals surface area contributed by atoms with E-state index in [-0.39, 0.29) is 30.1 Å². The predicted molar refractivity (Wildman–Crippen MR) is 148 cm³/mol. The van der Waals surface area contributed by atoms with E-state index in [0.29, 0.717) is 34.8 Å². The van der Waals surface area contributed by atoms with Gasteiger partial charge in [0.2, 0.25) is 5.91 Å². The molecule has 9 heteroatoms. The number of aliphatic hydroxyl groups is 1. The molecule has 0 saturated carbocycles. The Morgan fingerprint density at radius 2 is 1.87 bits per heavy atom. The normalized spacial score (nSPS) is 26.9. The van der Waals surface area contributed by atoms with Crippen LogP contribution in [-0.4, -0.2) is 51.6 Å². The average Bonchev–Trinajstić information content (AvgIpc) is 2.91. The average molecular weight is 535 g/mol. The van der Waals surface area contributed by atoms with Gasteiger partial charge in [-0.2, -0.15) is 0 Å². The molecule has 0 radical (unpaired) electrons. The highest BCUT2D eigenvalue weighted by Gasteiger charge is 2.45. The zero-order chi connectivity index (χ0) is 28.1. The van der Waals surface area contributed by atoms with Gasteiger partial charge in [-0.1, -0.05) is 39.0 Å². The van der Waals surface area contributed by atoms with Gasteiger partial charge in [0, 0.05) is 22.6 Å². The number of carbonyl (C=O) groups excluding carboxylic acids is 2. The number of aliphatic imine (C=N–C) groups is 1. The van der Waals surface area contributed by atoms with Crippen molar-refractivity contribution in [3.05, 3.63) is 59.2 Å². The van der Waals surface area contributed by atoms with Crippen LogP contribution in [0.4, 0.5) is 0 Å². The van der Waals surface area contributed by atoms with Crippen molar-refractivity contribution in [1.29, 1.82) is 0 Å². The van der Waals surface area contributed by atoms with E-state index in [4.69, 9.17) is 20.2 Å². The summed E-state index contributed by atoms with van der Waals surface area (Å²) in [5.74, 6) is 0.937. The van der Waals surface area contributed by atoms with Crippen LogP contribution < -0.4 is 20.5 Å². The molecule has 0 bridgehead atoms. The highest BCUT2D eigenvalue weighted by atomic mass is 16.5. The summed E-state index contributed by atoms with van der Waals surface area (Å²) < 4.78 is 12.0. The number of para-hydroxylation sites is 1. The fourth-order valence-corrected chi connectivity index (χ4v) is 5.98. The third kappa shape index (κ3) is 4.62. The van der Waals surface area contributed by atoms with Gasteiger partial charge in [-0.3, -0.25) is 14.5 Å². The van der Waals surface area contributed by atoms with Crippen LogP contribution in [-0.2, 0) is 4.79 Å². The van der Waals surface area contributed by atoms with Gasteiger partial charge in [-0.25, -0.2) is 4.99 Å². The topological polar surface area (TPSA) is 126 Å². The molecule has 0 saturated heterocycles. The molecule has 2 aromatic carbocycles. The smallest absolute Gasteiger partial charge is 0.251 e. The van der Waals surface area contributed by atoms with Gasteiger partial charge in [0.1, 0.15) is 23.2 Å². The zero-order valence-electron chi connectivity index (χ0n) is 23.2. The Morgan fingerprint density at radius 3 is 2.56 bits per heavy atom. The van der Waals surface area contributed by atoms with E-state index in [2.05, 4.69) is 5.32 Å². The van der Waals surface area contributed by atoms with Crippen LogP contribution in [0.25, 0.3) is 0 Å². The molecule has 2 aromatic rings. The fraction of sp³-hybridized carbons (Fsp3) is 0.500. The molecule has 3 aliphatic rings. The second-order valence-corrected chi connectivity index (χ2v) is 11.5. The van der Waals surface area contributed by atoms with Crippen LogP contribution >= 0.6 is 0 Å². The third-order valence-electron chi connectivity index (χ3n) is 8.51. The first-order chi connectivity index (χ1) is 18.5. The number of rotatable bonds is 5. The summed E-state index contributed by atoms with van der Waals surface area (Å²) in [6.45, 7) is 10.0. The summed E-state index contributed by atoms with van der Waals surface area (Å²) in [6, 6.07) is 11.5. The van der Waals surface area contributed by atoms with Crippen molar-refractivity contribution in [2.45, 2.75) is 83.2 Å². The maximum atomic E-state index is 13.6. The molecule has 3 heterocycles. The van der Waals surface area contributed by atoms with Crippen molar-refractivity contribution in [2.75, 3.05) is 6.61 Å². The maximum absolute atomic E-state index is 13.6. The van der Waals surface area contributed by atoms with Crippen molar-refractivity contribution in [3.63, 3.8) is 0 Å². The number of hydrogen-bond donors (Lipinski definition) is 3. The number of hydrogen-bond acceptors (Lipinski definition) is 7. The van der Waals surface area contributed by atoms with E-state index in [0.717, 1.165) is 12.8 Å². The van der Waals surface area contributed by atoms with E-state index in [9.17, 15) is 14.7 Å². The Balaban J connectivity index is 1.48. The summed E-state index contributed by atoms with van der Waals surface area (Å²) in [5.41, 5.74) is 6.89. The Bertz CT molecular complexity index is 1320. The predicted octanol–water partition coefficient (Wildman–Crippen LogP) is 3.87. The van der Waals surface area contributed by atoms with E-state index < -0.39 is 29.3 Å². The van der Waals surface area contributed by atoms with Crippen LogP contribution in [0, 0.1) is 5.92 Å². The molecule has 0 unspecified atom stereocenters. The minimum absolute atomic E-state index is 0.0741. The SMILES string of the molecule is CCC1(CC)CC(=O)N([C@H]2c3cc(C(=O)N[C@@H]4c5ccccc5OC(C)(C)[C@H]4O)ccc3OC[C@H]2C)C(N)=N1. The van der Waals surface area contributed by atoms with Gasteiger partial charge in [-0.05, 0) is 51.0 Å². The Kier molecular flexibility index (Phi) is 6.83. The molecule has 4 atom stereocenters. The second-order valence-electron chi connectivity index (χ2n) is 11.5. The number of ether oxygens (including phenoxy) is 2. The maximum Gasteiger partial charge on any atom is 0.251 e. The molecule has 0 fully saturated rings. The number of benzene rings is 2. The van der Waals surface area contributed by atoms with Crippen molar-refractivity contribution in [1.82, 2.24) is 10.2 Å². The first-order valence-electron chi connectivity index (χ1n) is 13.7. The molecule has 3 aliphatic heterocycles. The fourth-order valence-electron chi connectivity index (χ4n) is 5.98. The largest absolute Gasteiger partial charge is 0.493 e. The quantitative estimate of drug-likeness (QED) is 0.535. The molecule has 5 rings (SSSR count). The van der Waals surface area contributed by atoms with Crippen LogP contribution in [0.5, 0.6) is 11.5 Å². The molecule has 2 amide bonds. The number of fused-ring (bicyclic) bond motifs is 2. The number of guanidine groups is 1.